The van der Waals surface area contributed by atoms with Crippen molar-refractivity contribution >= 4 is 0 Å². The van der Waals surface area contributed by atoms with Crippen LogP contribution in [0.4, 0.5) is 8.78 Å². The fourth-order valence-electron chi connectivity index (χ4n) is 3.05. The molecule has 0 unspecified atom stereocenters. The van der Waals surface area contributed by atoms with Crippen LogP contribution < -0.4 is 10.1 Å². The van der Waals surface area contributed by atoms with Crippen LogP contribution in [0.5, 0.6) is 5.75 Å². The maximum absolute atomic E-state index is 12.6. The van der Waals surface area contributed by atoms with Crippen molar-refractivity contribution in [2.24, 2.45) is 5.92 Å². The van der Waals surface area contributed by atoms with Gasteiger partial charge in [0.25, 0.3) is 0 Å². The van der Waals surface area contributed by atoms with E-state index in [1.807, 2.05) is 12.1 Å². The zero-order valence-corrected chi connectivity index (χ0v) is 11.4. The molecule has 0 amide bonds. The van der Waals surface area contributed by atoms with Crippen LogP contribution in [-0.2, 0) is 0 Å². The second-order valence-electron chi connectivity index (χ2n) is 5.48. The number of ether oxygens (including phenoxy) is 1. The Morgan fingerprint density at radius 1 is 1.15 bits per heavy atom. The zero-order chi connectivity index (χ0) is 13.9. The summed E-state index contributed by atoms with van der Waals surface area (Å²) in [6.07, 6.45) is 2.36. The van der Waals surface area contributed by atoms with E-state index in [1.54, 1.807) is 12.1 Å². The highest BCUT2D eigenvalue weighted by Gasteiger charge is 2.38. The summed E-state index contributed by atoms with van der Waals surface area (Å²) in [4.78, 5) is 2.40. The van der Waals surface area contributed by atoms with Gasteiger partial charge in [0.1, 0.15) is 5.75 Å². The van der Waals surface area contributed by atoms with Crippen molar-refractivity contribution in [2.75, 3.05) is 26.2 Å². The Labute approximate surface area is 117 Å². The summed E-state index contributed by atoms with van der Waals surface area (Å²) in [7, 11) is 0. The summed E-state index contributed by atoms with van der Waals surface area (Å²) < 4.78 is 29.9. The second-order valence-corrected chi connectivity index (χ2v) is 5.48. The van der Waals surface area contributed by atoms with Gasteiger partial charge in [-0.1, -0.05) is 18.2 Å². The van der Waals surface area contributed by atoms with Crippen molar-refractivity contribution in [3.05, 3.63) is 29.8 Å². The summed E-state index contributed by atoms with van der Waals surface area (Å²) in [6, 6.07) is 7.46. The molecule has 2 fully saturated rings. The van der Waals surface area contributed by atoms with Gasteiger partial charge in [-0.25, -0.2) is 0 Å². The third kappa shape index (κ3) is 3.10. The van der Waals surface area contributed by atoms with E-state index in [0.29, 0.717) is 11.7 Å². The molecule has 1 aromatic rings. The third-order valence-electron chi connectivity index (χ3n) is 4.07. The lowest BCUT2D eigenvalue weighted by atomic mass is 9.99. The second kappa shape index (κ2) is 6.06. The number of benzene rings is 1. The van der Waals surface area contributed by atoms with Crippen LogP contribution in [0.25, 0.3) is 0 Å². The molecule has 1 aliphatic carbocycles. The van der Waals surface area contributed by atoms with E-state index in [9.17, 15) is 8.78 Å². The average Bonchev–Trinajstić information content (AvgIpc) is 3.26. The first-order valence-electron chi connectivity index (χ1n) is 7.24. The van der Waals surface area contributed by atoms with Crippen molar-refractivity contribution in [1.82, 2.24) is 10.2 Å². The third-order valence-corrected chi connectivity index (χ3v) is 4.07. The minimum Gasteiger partial charge on any atom is -0.434 e. The number of hydrogen-bond donors (Lipinski definition) is 1. The summed E-state index contributed by atoms with van der Waals surface area (Å²) in [6.45, 7) is 1.08. The van der Waals surface area contributed by atoms with Crippen molar-refractivity contribution < 1.29 is 13.5 Å². The molecule has 3 rings (SSSR count). The van der Waals surface area contributed by atoms with Gasteiger partial charge in [-0.05, 0) is 24.8 Å². The zero-order valence-electron chi connectivity index (χ0n) is 11.4. The number of alkyl halides is 2. The van der Waals surface area contributed by atoms with Gasteiger partial charge in [-0.3, -0.25) is 4.90 Å². The molecule has 1 atom stereocenters. The average molecular weight is 282 g/mol. The number of piperazine rings is 1. The Bertz CT molecular complexity index is 445. The largest absolute Gasteiger partial charge is 0.434 e. The van der Waals surface area contributed by atoms with E-state index in [1.165, 1.54) is 12.8 Å². The van der Waals surface area contributed by atoms with Gasteiger partial charge in [0, 0.05) is 37.8 Å². The van der Waals surface area contributed by atoms with Crippen LogP contribution in [0.1, 0.15) is 24.4 Å². The van der Waals surface area contributed by atoms with E-state index in [0.717, 1.165) is 31.7 Å². The van der Waals surface area contributed by atoms with Gasteiger partial charge >= 0.3 is 6.61 Å². The molecule has 1 N–H and O–H groups in total. The quantitative estimate of drug-likeness (QED) is 0.898. The first kappa shape index (κ1) is 13.8. The van der Waals surface area contributed by atoms with E-state index in [-0.39, 0.29) is 6.04 Å². The van der Waals surface area contributed by atoms with Crippen LogP contribution in [-0.4, -0.2) is 37.7 Å². The molecular formula is C15H20F2N2O. The molecule has 2 aliphatic rings. The number of rotatable bonds is 5. The summed E-state index contributed by atoms with van der Waals surface area (Å²) in [5, 5.41) is 3.33. The van der Waals surface area contributed by atoms with E-state index in [4.69, 9.17) is 4.74 Å². The molecule has 110 valence electrons. The number of hydrogen-bond acceptors (Lipinski definition) is 3. The van der Waals surface area contributed by atoms with Crippen molar-refractivity contribution in [3.63, 3.8) is 0 Å². The molecule has 0 radical (unpaired) electrons. The highest BCUT2D eigenvalue weighted by atomic mass is 19.3. The lowest BCUT2D eigenvalue weighted by Gasteiger charge is -2.36. The van der Waals surface area contributed by atoms with Crippen molar-refractivity contribution in [1.29, 1.82) is 0 Å². The van der Waals surface area contributed by atoms with Crippen LogP contribution >= 0.6 is 0 Å². The lowest BCUT2D eigenvalue weighted by molar-refractivity contribution is -0.0514. The van der Waals surface area contributed by atoms with Gasteiger partial charge in [-0.15, -0.1) is 0 Å². The van der Waals surface area contributed by atoms with E-state index >= 15 is 0 Å². The smallest absolute Gasteiger partial charge is 0.387 e. The molecule has 1 aliphatic heterocycles. The SMILES string of the molecule is FC(F)Oc1ccccc1[C@H](C1CC1)N1CCNCC1. The van der Waals surface area contributed by atoms with Crippen LogP contribution in [0.15, 0.2) is 24.3 Å². The fraction of sp³-hybridized carbons (Fsp3) is 0.600. The summed E-state index contributed by atoms with van der Waals surface area (Å²) >= 11 is 0. The van der Waals surface area contributed by atoms with Gasteiger partial charge in [0.15, 0.2) is 0 Å². The Morgan fingerprint density at radius 3 is 2.50 bits per heavy atom. The molecule has 3 nitrogen and oxygen atoms in total. The molecule has 20 heavy (non-hydrogen) atoms. The van der Waals surface area contributed by atoms with Gasteiger partial charge in [0.2, 0.25) is 0 Å². The Kier molecular flexibility index (Phi) is 4.17. The topological polar surface area (TPSA) is 24.5 Å². The van der Waals surface area contributed by atoms with E-state index < -0.39 is 6.61 Å². The first-order valence-corrected chi connectivity index (χ1v) is 7.24. The fourth-order valence-corrected chi connectivity index (χ4v) is 3.05. The first-order chi connectivity index (χ1) is 9.75. The van der Waals surface area contributed by atoms with E-state index in [2.05, 4.69) is 10.2 Å². The predicted octanol–water partition coefficient (Wildman–Crippen LogP) is 2.64. The number of para-hydroxylation sites is 1. The predicted molar refractivity (Wildman–Crippen MR) is 73.0 cm³/mol. The normalized spacial score (nSPS) is 21.9. The van der Waals surface area contributed by atoms with Crippen molar-refractivity contribution in [3.8, 4) is 5.75 Å². The molecule has 1 aromatic carbocycles. The summed E-state index contributed by atoms with van der Waals surface area (Å²) in [5.41, 5.74) is 0.914. The monoisotopic (exact) mass is 282 g/mol. The molecule has 0 bridgehead atoms. The molecule has 0 aromatic heterocycles. The van der Waals surface area contributed by atoms with Crippen LogP contribution in [0.3, 0.4) is 0 Å². The summed E-state index contributed by atoms with van der Waals surface area (Å²) in [5.74, 6) is 0.911. The van der Waals surface area contributed by atoms with Crippen LogP contribution in [0, 0.1) is 5.92 Å². The number of nitrogens with zero attached hydrogens (tertiary/aromatic N) is 1. The Balaban J connectivity index is 1.86. The highest BCUT2D eigenvalue weighted by molar-refractivity contribution is 5.37. The molecule has 1 saturated carbocycles. The van der Waals surface area contributed by atoms with Gasteiger partial charge in [-0.2, -0.15) is 8.78 Å². The van der Waals surface area contributed by atoms with Gasteiger partial charge < -0.3 is 10.1 Å². The number of nitrogens with one attached hydrogen (secondary N) is 1. The highest BCUT2D eigenvalue weighted by Crippen LogP contribution is 2.47. The molecule has 1 heterocycles. The Hall–Kier alpha value is -1.20. The van der Waals surface area contributed by atoms with Crippen molar-refractivity contribution in [2.45, 2.75) is 25.5 Å². The standard InChI is InChI=1S/C15H20F2N2O/c16-15(17)20-13-4-2-1-3-12(13)14(11-5-6-11)19-9-7-18-8-10-19/h1-4,11,14-15,18H,5-10H2/t14-/m0/s1. The maximum Gasteiger partial charge on any atom is 0.387 e. The van der Waals surface area contributed by atoms with Gasteiger partial charge in [0.05, 0.1) is 0 Å². The molecule has 1 saturated heterocycles. The number of halogens is 2. The molecule has 0 spiro atoms. The molecule has 5 heteroatoms. The lowest BCUT2D eigenvalue weighted by Crippen LogP contribution is -2.45. The molecular weight excluding hydrogens is 262 g/mol. The Morgan fingerprint density at radius 2 is 1.85 bits per heavy atom. The minimum absolute atomic E-state index is 0.215. The van der Waals surface area contributed by atoms with Crippen LogP contribution in [0.2, 0.25) is 0 Å². The maximum atomic E-state index is 12.6. The minimum atomic E-state index is -2.76.